The average molecular weight is 263 g/mol. The maximum Gasteiger partial charge on any atom is 0.325 e. The Morgan fingerprint density at radius 3 is 2.53 bits per heavy atom. The number of H-pyrrole nitrogens is 2. The third-order valence-corrected chi connectivity index (χ3v) is 2.50. The molecule has 0 saturated carbocycles. The molecule has 1 aromatic heterocycles. The lowest BCUT2D eigenvalue weighted by Crippen LogP contribution is -2.23. The van der Waals surface area contributed by atoms with Gasteiger partial charge in [0.05, 0.1) is 19.9 Å². The monoisotopic (exact) mass is 263 g/mol. The molecule has 7 nitrogen and oxygen atoms in total. The summed E-state index contributed by atoms with van der Waals surface area (Å²) in [4.78, 5) is 27.0. The van der Waals surface area contributed by atoms with E-state index in [1.165, 1.54) is 13.3 Å². The van der Waals surface area contributed by atoms with Crippen molar-refractivity contribution in [1.82, 2.24) is 9.97 Å². The molecule has 2 aromatic rings. The molecule has 0 fully saturated rings. The predicted molar refractivity (Wildman–Crippen MR) is 70.5 cm³/mol. The predicted octanol–water partition coefficient (Wildman–Crippen LogP) is 0.824. The molecule has 0 amide bonds. The van der Waals surface area contributed by atoms with E-state index in [1.54, 1.807) is 25.3 Å². The first kappa shape index (κ1) is 12.7. The third kappa shape index (κ3) is 2.76. The number of anilines is 2. The second-order valence-corrected chi connectivity index (χ2v) is 3.68. The van der Waals surface area contributed by atoms with Crippen molar-refractivity contribution in [2.75, 3.05) is 19.5 Å². The number of benzene rings is 1. The van der Waals surface area contributed by atoms with E-state index in [0.717, 1.165) is 0 Å². The minimum Gasteiger partial charge on any atom is -0.497 e. The SMILES string of the molecule is COc1ccc(Nc2c[nH]c(=O)[nH]c2=O)c(OC)c1. The first-order valence-corrected chi connectivity index (χ1v) is 5.45. The number of hydrogen-bond donors (Lipinski definition) is 3. The number of nitrogens with one attached hydrogen (secondary N) is 3. The Labute approximate surface area is 108 Å². The van der Waals surface area contributed by atoms with Crippen molar-refractivity contribution in [3.05, 3.63) is 45.2 Å². The molecule has 0 aliphatic carbocycles. The maximum atomic E-state index is 11.6. The zero-order valence-corrected chi connectivity index (χ0v) is 10.4. The zero-order chi connectivity index (χ0) is 13.8. The molecule has 1 aromatic carbocycles. The van der Waals surface area contributed by atoms with Crippen molar-refractivity contribution >= 4 is 11.4 Å². The minimum atomic E-state index is -0.558. The molecule has 0 atom stereocenters. The van der Waals surface area contributed by atoms with Gasteiger partial charge < -0.3 is 19.8 Å². The first-order valence-electron chi connectivity index (χ1n) is 5.45. The van der Waals surface area contributed by atoms with E-state index < -0.39 is 11.2 Å². The lowest BCUT2D eigenvalue weighted by molar-refractivity contribution is 0.395. The molecule has 3 N–H and O–H groups in total. The largest absolute Gasteiger partial charge is 0.497 e. The molecule has 0 aliphatic rings. The van der Waals surface area contributed by atoms with Crippen LogP contribution in [0.5, 0.6) is 11.5 Å². The third-order valence-electron chi connectivity index (χ3n) is 2.50. The highest BCUT2D eigenvalue weighted by molar-refractivity contribution is 5.66. The van der Waals surface area contributed by atoms with Crippen LogP contribution in [0.3, 0.4) is 0 Å². The van der Waals surface area contributed by atoms with Crippen LogP contribution in [-0.4, -0.2) is 24.2 Å². The van der Waals surface area contributed by atoms with Crippen LogP contribution in [0.1, 0.15) is 0 Å². The second kappa shape index (κ2) is 5.30. The van der Waals surface area contributed by atoms with Crippen molar-refractivity contribution in [2.24, 2.45) is 0 Å². The summed E-state index contributed by atoms with van der Waals surface area (Å²) in [5.74, 6) is 1.16. The highest BCUT2D eigenvalue weighted by atomic mass is 16.5. The summed E-state index contributed by atoms with van der Waals surface area (Å²) in [6.45, 7) is 0. The average Bonchev–Trinajstić information content (AvgIpc) is 2.42. The molecule has 19 heavy (non-hydrogen) atoms. The van der Waals surface area contributed by atoms with E-state index in [-0.39, 0.29) is 5.69 Å². The van der Waals surface area contributed by atoms with Gasteiger partial charge in [0, 0.05) is 12.3 Å². The van der Waals surface area contributed by atoms with Gasteiger partial charge in [-0.2, -0.15) is 0 Å². The molecule has 1 heterocycles. The van der Waals surface area contributed by atoms with Crippen LogP contribution in [0, 0.1) is 0 Å². The van der Waals surface area contributed by atoms with Crippen molar-refractivity contribution in [1.29, 1.82) is 0 Å². The Kier molecular flexibility index (Phi) is 3.56. The number of ether oxygens (including phenoxy) is 2. The normalized spacial score (nSPS) is 10.0. The van der Waals surface area contributed by atoms with Gasteiger partial charge in [-0.25, -0.2) is 4.79 Å². The van der Waals surface area contributed by atoms with Gasteiger partial charge in [0.25, 0.3) is 5.56 Å². The number of aromatic nitrogens is 2. The van der Waals surface area contributed by atoms with Gasteiger partial charge in [0.2, 0.25) is 0 Å². The van der Waals surface area contributed by atoms with Crippen molar-refractivity contribution in [3.63, 3.8) is 0 Å². The Bertz CT molecular complexity index is 690. The van der Waals surface area contributed by atoms with Gasteiger partial charge in [-0.3, -0.25) is 9.78 Å². The molecule has 0 unspecified atom stereocenters. The van der Waals surface area contributed by atoms with Gasteiger partial charge in [0.1, 0.15) is 17.2 Å². The fraction of sp³-hybridized carbons (Fsp3) is 0.167. The summed E-state index contributed by atoms with van der Waals surface area (Å²) in [7, 11) is 3.06. The van der Waals surface area contributed by atoms with E-state index in [1.807, 2.05) is 0 Å². The molecule has 0 radical (unpaired) electrons. The molecule has 2 rings (SSSR count). The summed E-state index contributed by atoms with van der Waals surface area (Å²) in [6, 6.07) is 5.12. The van der Waals surface area contributed by atoms with Gasteiger partial charge in [-0.05, 0) is 12.1 Å². The van der Waals surface area contributed by atoms with Crippen LogP contribution < -0.4 is 26.0 Å². The van der Waals surface area contributed by atoms with Crippen LogP contribution in [0.15, 0.2) is 34.0 Å². The molecule has 7 heteroatoms. The summed E-state index contributed by atoms with van der Waals surface area (Å²) < 4.78 is 10.3. The van der Waals surface area contributed by atoms with Crippen molar-refractivity contribution in [2.45, 2.75) is 0 Å². The van der Waals surface area contributed by atoms with Gasteiger partial charge >= 0.3 is 5.69 Å². The Morgan fingerprint density at radius 1 is 1.11 bits per heavy atom. The number of rotatable bonds is 4. The molecule has 0 bridgehead atoms. The van der Waals surface area contributed by atoms with Crippen LogP contribution >= 0.6 is 0 Å². The van der Waals surface area contributed by atoms with Gasteiger partial charge in [-0.1, -0.05) is 0 Å². The van der Waals surface area contributed by atoms with Gasteiger partial charge in [0.15, 0.2) is 0 Å². The molecule has 0 saturated heterocycles. The second-order valence-electron chi connectivity index (χ2n) is 3.68. The van der Waals surface area contributed by atoms with Crippen molar-refractivity contribution < 1.29 is 9.47 Å². The lowest BCUT2D eigenvalue weighted by atomic mass is 10.2. The van der Waals surface area contributed by atoms with Crippen LogP contribution in [0.25, 0.3) is 0 Å². The van der Waals surface area contributed by atoms with E-state index in [9.17, 15) is 9.59 Å². The van der Waals surface area contributed by atoms with Crippen molar-refractivity contribution in [3.8, 4) is 11.5 Å². The topological polar surface area (TPSA) is 96.2 Å². The fourth-order valence-corrected chi connectivity index (χ4v) is 1.55. The van der Waals surface area contributed by atoms with Gasteiger partial charge in [-0.15, -0.1) is 0 Å². The number of methoxy groups -OCH3 is 2. The minimum absolute atomic E-state index is 0.211. The number of aromatic amines is 2. The van der Waals surface area contributed by atoms with Crippen LogP contribution in [0.4, 0.5) is 11.4 Å². The highest BCUT2D eigenvalue weighted by Gasteiger charge is 2.07. The van der Waals surface area contributed by atoms with E-state index in [4.69, 9.17) is 9.47 Å². The fourth-order valence-electron chi connectivity index (χ4n) is 1.55. The van der Waals surface area contributed by atoms with Crippen LogP contribution in [-0.2, 0) is 0 Å². The standard InChI is InChI=1S/C12H13N3O4/c1-18-7-3-4-8(10(5-7)19-2)14-9-6-13-12(17)15-11(9)16/h3-6,14H,1-2H3,(H2,13,15,16,17). The molecule has 100 valence electrons. The molecular formula is C12H13N3O4. The summed E-state index contributed by atoms with van der Waals surface area (Å²) in [6.07, 6.45) is 1.30. The number of hydrogen-bond acceptors (Lipinski definition) is 5. The molecular weight excluding hydrogens is 250 g/mol. The van der Waals surface area contributed by atoms with Crippen LogP contribution in [0.2, 0.25) is 0 Å². The Hall–Kier alpha value is -2.70. The summed E-state index contributed by atoms with van der Waals surface area (Å²) >= 11 is 0. The van der Waals surface area contributed by atoms with E-state index in [0.29, 0.717) is 17.2 Å². The van der Waals surface area contributed by atoms with E-state index in [2.05, 4.69) is 15.3 Å². The maximum absolute atomic E-state index is 11.6. The summed E-state index contributed by atoms with van der Waals surface area (Å²) in [5.41, 5.74) is -0.275. The highest BCUT2D eigenvalue weighted by Crippen LogP contribution is 2.30. The molecule has 0 aliphatic heterocycles. The summed E-state index contributed by atoms with van der Waals surface area (Å²) in [5, 5.41) is 2.88. The lowest BCUT2D eigenvalue weighted by Gasteiger charge is -2.11. The smallest absolute Gasteiger partial charge is 0.325 e. The van der Waals surface area contributed by atoms with E-state index >= 15 is 0 Å². The zero-order valence-electron chi connectivity index (χ0n) is 10.4. The Morgan fingerprint density at radius 2 is 1.89 bits per heavy atom. The first-order chi connectivity index (χ1) is 9.13. The Balaban J connectivity index is 2.37. The quantitative estimate of drug-likeness (QED) is 0.759. The molecule has 0 spiro atoms.